The summed E-state index contributed by atoms with van der Waals surface area (Å²) in [5.41, 5.74) is 7.13. The molecule has 0 amide bonds. The van der Waals surface area contributed by atoms with Crippen molar-refractivity contribution in [2.45, 2.75) is 6.92 Å². The second-order valence-corrected chi connectivity index (χ2v) is 4.75. The maximum absolute atomic E-state index is 8.92. The number of nitrogens with one attached hydrogen (secondary N) is 1. The average Bonchev–Trinajstić information content (AvgIpc) is 2.75. The highest BCUT2D eigenvalue weighted by Crippen LogP contribution is 2.25. The Bertz CT molecular complexity index is 603. The van der Waals surface area contributed by atoms with Crippen LogP contribution >= 0.6 is 11.5 Å². The molecule has 0 spiro atoms. The first kappa shape index (κ1) is 13.2. The van der Waals surface area contributed by atoms with Crippen LogP contribution in [0.2, 0.25) is 0 Å². The van der Waals surface area contributed by atoms with E-state index in [-0.39, 0.29) is 5.82 Å². The lowest BCUT2D eigenvalue weighted by molar-refractivity contribution is 0.333. The number of rotatable bonds is 5. The summed E-state index contributed by atoms with van der Waals surface area (Å²) in [6.07, 6.45) is 0. The van der Waals surface area contributed by atoms with Crippen molar-refractivity contribution in [1.29, 1.82) is 5.26 Å². The van der Waals surface area contributed by atoms with Crippen molar-refractivity contribution in [2.24, 2.45) is 0 Å². The van der Waals surface area contributed by atoms with Gasteiger partial charge in [-0.3, -0.25) is 0 Å². The van der Waals surface area contributed by atoms with Crippen LogP contribution in [0.1, 0.15) is 11.1 Å². The molecule has 1 aromatic heterocycles. The predicted molar refractivity (Wildman–Crippen MR) is 76.4 cm³/mol. The number of aryl methyl sites for hydroxylation is 1. The number of nitriles is 1. The number of benzene rings is 1. The standard InChI is InChI=1S/C13H14N4OS/c1-9-3-2-4-10(7-9)18-6-5-16-13-11(8-14)12(15)17-19-13/h2-4,7,16H,5-6H2,1H3,(H2,15,17). The topological polar surface area (TPSA) is 84.0 Å². The van der Waals surface area contributed by atoms with Gasteiger partial charge in [-0.2, -0.15) is 9.64 Å². The Labute approximate surface area is 115 Å². The first-order valence-electron chi connectivity index (χ1n) is 5.79. The Morgan fingerprint density at radius 2 is 2.37 bits per heavy atom. The second kappa shape index (κ2) is 6.07. The van der Waals surface area contributed by atoms with E-state index in [0.29, 0.717) is 23.7 Å². The van der Waals surface area contributed by atoms with Gasteiger partial charge >= 0.3 is 0 Å². The molecule has 98 valence electrons. The number of nitrogen functional groups attached to an aromatic ring is 1. The molecule has 1 heterocycles. The molecule has 6 heteroatoms. The molecule has 0 saturated carbocycles. The van der Waals surface area contributed by atoms with Crippen molar-refractivity contribution in [3.63, 3.8) is 0 Å². The van der Waals surface area contributed by atoms with E-state index in [4.69, 9.17) is 15.7 Å². The molecule has 0 aliphatic heterocycles. The average molecular weight is 274 g/mol. The number of ether oxygens (including phenoxy) is 1. The van der Waals surface area contributed by atoms with Crippen molar-refractivity contribution in [3.05, 3.63) is 35.4 Å². The van der Waals surface area contributed by atoms with E-state index in [1.54, 1.807) is 0 Å². The summed E-state index contributed by atoms with van der Waals surface area (Å²) in [5, 5.41) is 12.7. The lowest BCUT2D eigenvalue weighted by Crippen LogP contribution is -2.11. The molecule has 0 bridgehead atoms. The number of nitrogens with two attached hydrogens (primary N) is 1. The number of nitrogens with zero attached hydrogens (tertiary/aromatic N) is 2. The van der Waals surface area contributed by atoms with Gasteiger partial charge in [-0.15, -0.1) is 0 Å². The van der Waals surface area contributed by atoms with E-state index in [1.165, 1.54) is 11.5 Å². The molecule has 2 aromatic rings. The number of hydrogen-bond acceptors (Lipinski definition) is 6. The van der Waals surface area contributed by atoms with Gasteiger partial charge in [0.15, 0.2) is 5.82 Å². The fraction of sp³-hybridized carbons (Fsp3) is 0.231. The van der Waals surface area contributed by atoms with E-state index in [2.05, 4.69) is 9.69 Å². The van der Waals surface area contributed by atoms with Crippen molar-refractivity contribution in [3.8, 4) is 11.8 Å². The summed E-state index contributed by atoms with van der Waals surface area (Å²) in [4.78, 5) is 0. The normalized spacial score (nSPS) is 9.89. The van der Waals surface area contributed by atoms with Gasteiger partial charge in [0.05, 0.1) is 0 Å². The summed E-state index contributed by atoms with van der Waals surface area (Å²) >= 11 is 1.19. The minimum atomic E-state index is 0.273. The minimum Gasteiger partial charge on any atom is -0.492 e. The molecule has 0 unspecified atom stereocenters. The van der Waals surface area contributed by atoms with Crippen molar-refractivity contribution in [1.82, 2.24) is 4.37 Å². The summed E-state index contributed by atoms with van der Waals surface area (Å²) in [6.45, 7) is 3.11. The molecule has 1 aromatic carbocycles. The highest BCUT2D eigenvalue weighted by molar-refractivity contribution is 7.10. The Morgan fingerprint density at radius 3 is 3.11 bits per heavy atom. The second-order valence-electron chi connectivity index (χ2n) is 3.98. The van der Waals surface area contributed by atoms with Crippen molar-refractivity contribution in [2.75, 3.05) is 24.2 Å². The van der Waals surface area contributed by atoms with Gasteiger partial charge in [-0.1, -0.05) is 12.1 Å². The fourth-order valence-corrected chi connectivity index (χ4v) is 2.26. The smallest absolute Gasteiger partial charge is 0.157 e. The molecule has 0 aliphatic rings. The zero-order valence-corrected chi connectivity index (χ0v) is 11.3. The lowest BCUT2D eigenvalue weighted by atomic mass is 10.2. The Kier molecular flexibility index (Phi) is 4.21. The Hall–Kier alpha value is -2.26. The van der Waals surface area contributed by atoms with Crippen LogP contribution in [0.5, 0.6) is 5.75 Å². The van der Waals surface area contributed by atoms with Gasteiger partial charge < -0.3 is 15.8 Å². The maximum atomic E-state index is 8.92. The quantitative estimate of drug-likeness (QED) is 0.818. The Morgan fingerprint density at radius 1 is 1.53 bits per heavy atom. The van der Waals surface area contributed by atoms with E-state index in [0.717, 1.165) is 11.3 Å². The van der Waals surface area contributed by atoms with Gasteiger partial charge in [0.25, 0.3) is 0 Å². The molecule has 0 atom stereocenters. The zero-order valence-electron chi connectivity index (χ0n) is 10.5. The van der Waals surface area contributed by atoms with Gasteiger partial charge in [0.1, 0.15) is 29.0 Å². The van der Waals surface area contributed by atoms with Crippen LogP contribution in [0.25, 0.3) is 0 Å². The van der Waals surface area contributed by atoms with E-state index >= 15 is 0 Å². The SMILES string of the molecule is Cc1cccc(OCCNc2snc(N)c2C#N)c1. The van der Waals surface area contributed by atoms with Crippen molar-refractivity contribution >= 4 is 22.4 Å². The molecule has 0 saturated heterocycles. The van der Waals surface area contributed by atoms with E-state index in [1.807, 2.05) is 37.3 Å². The first-order valence-corrected chi connectivity index (χ1v) is 6.56. The van der Waals surface area contributed by atoms with Crippen LogP contribution < -0.4 is 15.8 Å². The van der Waals surface area contributed by atoms with Gasteiger partial charge in [0.2, 0.25) is 0 Å². The number of hydrogen-bond donors (Lipinski definition) is 2. The van der Waals surface area contributed by atoms with Crippen LogP contribution in [0.3, 0.4) is 0 Å². The number of anilines is 2. The van der Waals surface area contributed by atoms with E-state index < -0.39 is 0 Å². The monoisotopic (exact) mass is 274 g/mol. The third-order valence-corrected chi connectivity index (χ3v) is 3.30. The molecular formula is C13H14N4OS. The summed E-state index contributed by atoms with van der Waals surface area (Å²) in [5.74, 6) is 1.11. The Balaban J connectivity index is 1.83. The third-order valence-electron chi connectivity index (χ3n) is 2.48. The largest absolute Gasteiger partial charge is 0.492 e. The predicted octanol–water partition coefficient (Wildman–Crippen LogP) is 2.40. The molecule has 2 rings (SSSR count). The molecule has 5 nitrogen and oxygen atoms in total. The first-order chi connectivity index (χ1) is 9.20. The van der Waals surface area contributed by atoms with E-state index in [9.17, 15) is 0 Å². The van der Waals surface area contributed by atoms with Crippen LogP contribution in [0.4, 0.5) is 10.8 Å². The molecule has 3 N–H and O–H groups in total. The highest BCUT2D eigenvalue weighted by atomic mass is 32.1. The lowest BCUT2D eigenvalue weighted by Gasteiger charge is -2.07. The molecule has 0 fully saturated rings. The maximum Gasteiger partial charge on any atom is 0.157 e. The molecular weight excluding hydrogens is 260 g/mol. The van der Waals surface area contributed by atoms with Gasteiger partial charge in [-0.05, 0) is 36.2 Å². The molecule has 0 aliphatic carbocycles. The van der Waals surface area contributed by atoms with Crippen LogP contribution in [0.15, 0.2) is 24.3 Å². The van der Waals surface area contributed by atoms with Crippen LogP contribution in [-0.2, 0) is 0 Å². The fourth-order valence-electron chi connectivity index (χ4n) is 1.57. The summed E-state index contributed by atoms with van der Waals surface area (Å²) < 4.78 is 9.53. The minimum absolute atomic E-state index is 0.273. The van der Waals surface area contributed by atoms with Crippen LogP contribution in [0, 0.1) is 18.3 Å². The zero-order chi connectivity index (χ0) is 13.7. The van der Waals surface area contributed by atoms with Crippen LogP contribution in [-0.4, -0.2) is 17.5 Å². The van der Waals surface area contributed by atoms with Crippen molar-refractivity contribution < 1.29 is 4.74 Å². The molecule has 0 radical (unpaired) electrons. The highest BCUT2D eigenvalue weighted by Gasteiger charge is 2.09. The summed E-state index contributed by atoms with van der Waals surface area (Å²) in [6, 6.07) is 9.89. The third kappa shape index (κ3) is 3.36. The van der Waals surface area contributed by atoms with Gasteiger partial charge in [0, 0.05) is 6.54 Å². The molecule has 19 heavy (non-hydrogen) atoms. The summed E-state index contributed by atoms with van der Waals surface area (Å²) in [7, 11) is 0. The van der Waals surface area contributed by atoms with Gasteiger partial charge in [-0.25, -0.2) is 0 Å². The number of aromatic nitrogens is 1.